The molecule has 0 atom stereocenters. The lowest BCUT2D eigenvalue weighted by atomic mass is 10.1. The molecule has 0 radical (unpaired) electrons. The summed E-state index contributed by atoms with van der Waals surface area (Å²) in [4.78, 5) is 16.5. The van der Waals surface area contributed by atoms with E-state index in [1.54, 1.807) is 18.2 Å². The zero-order valence-electron chi connectivity index (χ0n) is 19.3. The molecule has 36 heavy (non-hydrogen) atoms. The second-order valence-electron chi connectivity index (χ2n) is 7.86. The lowest BCUT2D eigenvalue weighted by molar-refractivity contribution is 0.154. The molecule has 1 heterocycles. The summed E-state index contributed by atoms with van der Waals surface area (Å²) in [5.41, 5.74) is 3.38. The van der Waals surface area contributed by atoms with Crippen molar-refractivity contribution in [3.8, 4) is 16.9 Å². The first-order valence-corrected chi connectivity index (χ1v) is 13.0. The van der Waals surface area contributed by atoms with Crippen LogP contribution in [0.2, 0.25) is 5.02 Å². The molecule has 0 aliphatic carbocycles. The molecule has 0 saturated heterocycles. The lowest BCUT2D eigenvalue weighted by Crippen LogP contribution is -2.31. The third-order valence-corrected chi connectivity index (χ3v) is 7.23. The van der Waals surface area contributed by atoms with Crippen LogP contribution in [0.1, 0.15) is 18.3 Å². The first-order chi connectivity index (χ1) is 17.3. The van der Waals surface area contributed by atoms with E-state index in [2.05, 4.69) is 4.98 Å². The zero-order chi connectivity index (χ0) is 25.7. The normalized spacial score (nSPS) is 11.3. The molecular formula is C26H23ClFN3O4S. The number of rotatable bonds is 8. The fourth-order valence-corrected chi connectivity index (χ4v) is 5.00. The minimum atomic E-state index is -4.13. The largest absolute Gasteiger partial charge is 0.448 e. The van der Waals surface area contributed by atoms with E-state index in [0.717, 1.165) is 28.3 Å². The van der Waals surface area contributed by atoms with Gasteiger partial charge in [0.15, 0.2) is 0 Å². The maximum absolute atomic E-state index is 13.3. The molecule has 0 aliphatic rings. The van der Waals surface area contributed by atoms with E-state index in [9.17, 15) is 17.6 Å². The van der Waals surface area contributed by atoms with Crippen LogP contribution in [0.3, 0.4) is 0 Å². The summed E-state index contributed by atoms with van der Waals surface area (Å²) < 4.78 is 46.7. The van der Waals surface area contributed by atoms with Crippen LogP contribution < -0.4 is 4.72 Å². The number of amides is 1. The summed E-state index contributed by atoms with van der Waals surface area (Å²) in [5, 5.41) is 0.00630. The van der Waals surface area contributed by atoms with E-state index in [1.807, 2.05) is 46.7 Å². The van der Waals surface area contributed by atoms with Crippen LogP contribution in [0.15, 0.2) is 83.9 Å². The summed E-state index contributed by atoms with van der Waals surface area (Å²) in [7, 11) is -4.13. The van der Waals surface area contributed by atoms with Gasteiger partial charge >= 0.3 is 6.09 Å². The van der Waals surface area contributed by atoms with Gasteiger partial charge in [0.25, 0.3) is 10.0 Å². The molecule has 1 aromatic heterocycles. The molecule has 3 aromatic carbocycles. The molecule has 10 heteroatoms. The molecule has 4 rings (SSSR count). The molecular weight excluding hydrogens is 505 g/mol. The molecule has 7 nitrogen and oxygen atoms in total. The highest BCUT2D eigenvalue weighted by molar-refractivity contribution is 7.90. The van der Waals surface area contributed by atoms with Crippen molar-refractivity contribution in [1.29, 1.82) is 0 Å². The van der Waals surface area contributed by atoms with Crippen LogP contribution in [0.25, 0.3) is 16.9 Å². The Morgan fingerprint density at radius 2 is 1.75 bits per heavy atom. The number of nitrogens with one attached hydrogen (secondary N) is 1. The van der Waals surface area contributed by atoms with E-state index in [4.69, 9.17) is 16.3 Å². The van der Waals surface area contributed by atoms with Crippen LogP contribution in [0, 0.1) is 5.82 Å². The summed E-state index contributed by atoms with van der Waals surface area (Å²) in [6, 6.07) is 19.7. The predicted molar refractivity (Wildman–Crippen MR) is 135 cm³/mol. The number of carbonyl (C=O) groups is 1. The summed E-state index contributed by atoms with van der Waals surface area (Å²) in [5.74, 6) is 0.565. The Labute approximate surface area is 213 Å². The Morgan fingerprint density at radius 3 is 2.42 bits per heavy atom. The summed E-state index contributed by atoms with van der Waals surface area (Å²) in [6.07, 6.45) is 1.94. The van der Waals surface area contributed by atoms with Crippen molar-refractivity contribution >= 4 is 27.7 Å². The number of nitrogens with zero attached hydrogens (tertiary/aromatic N) is 2. The van der Waals surface area contributed by atoms with Crippen molar-refractivity contribution in [1.82, 2.24) is 14.3 Å². The number of aromatic nitrogens is 2. The molecule has 0 saturated carbocycles. The predicted octanol–water partition coefficient (Wildman–Crippen LogP) is 5.55. The molecule has 1 N–H and O–H groups in total. The van der Waals surface area contributed by atoms with Gasteiger partial charge in [0.1, 0.15) is 16.5 Å². The molecule has 4 aromatic rings. The second-order valence-corrected chi connectivity index (χ2v) is 9.92. The second kappa shape index (κ2) is 10.9. The average Bonchev–Trinajstić information content (AvgIpc) is 3.29. The molecule has 0 aliphatic heterocycles. The monoisotopic (exact) mass is 527 g/mol. The summed E-state index contributed by atoms with van der Waals surface area (Å²) in [6.45, 7) is 2.00. The number of sulfonamides is 1. The van der Waals surface area contributed by atoms with E-state index in [-0.39, 0.29) is 22.3 Å². The Kier molecular flexibility index (Phi) is 7.71. The highest BCUT2D eigenvalue weighted by Crippen LogP contribution is 2.23. The molecule has 0 bridgehead atoms. The fraction of sp³-hybridized carbons (Fsp3) is 0.154. The maximum atomic E-state index is 13.3. The van der Waals surface area contributed by atoms with Crippen LogP contribution in [0.4, 0.5) is 9.18 Å². The van der Waals surface area contributed by atoms with Crippen LogP contribution in [-0.4, -0.2) is 30.7 Å². The SMILES string of the molecule is CCc1nc(-c2ccc(F)cc2)cn1-c1ccc(CCOC(=O)NS(=O)(=O)c2ccccc2Cl)cc1. The number of imidazole rings is 1. The highest BCUT2D eigenvalue weighted by atomic mass is 35.5. The van der Waals surface area contributed by atoms with Crippen LogP contribution in [0.5, 0.6) is 0 Å². The number of benzene rings is 3. The molecule has 1 amide bonds. The van der Waals surface area contributed by atoms with Gasteiger partial charge in [-0.25, -0.2) is 27.3 Å². The van der Waals surface area contributed by atoms with E-state index >= 15 is 0 Å². The standard InChI is InChI=1S/C26H23ClFN3O4S/c1-2-25-29-23(19-9-11-20(28)12-10-19)17-31(25)21-13-7-18(8-14-21)15-16-35-26(32)30-36(33,34)24-6-4-3-5-22(24)27/h3-14,17H,2,15-16H2,1H3,(H,30,32). The van der Waals surface area contributed by atoms with Crippen LogP contribution in [-0.2, 0) is 27.6 Å². The van der Waals surface area contributed by atoms with Gasteiger partial charge in [-0.1, -0.05) is 42.8 Å². The van der Waals surface area contributed by atoms with Gasteiger partial charge in [0.05, 0.1) is 17.3 Å². The van der Waals surface area contributed by atoms with Gasteiger partial charge < -0.3 is 9.30 Å². The zero-order valence-corrected chi connectivity index (χ0v) is 20.9. The van der Waals surface area contributed by atoms with Crippen molar-refractivity contribution in [2.75, 3.05) is 6.61 Å². The Bertz CT molecular complexity index is 1470. The molecule has 0 spiro atoms. The van der Waals surface area contributed by atoms with Gasteiger partial charge in [-0.15, -0.1) is 0 Å². The van der Waals surface area contributed by atoms with Crippen molar-refractivity contribution < 1.29 is 22.3 Å². The number of aryl methyl sites for hydroxylation is 1. The quantitative estimate of drug-likeness (QED) is 0.324. The topological polar surface area (TPSA) is 90.3 Å². The van der Waals surface area contributed by atoms with E-state index < -0.39 is 16.1 Å². The van der Waals surface area contributed by atoms with Crippen molar-refractivity contribution in [3.63, 3.8) is 0 Å². The number of ether oxygens (including phenoxy) is 1. The number of hydrogen-bond donors (Lipinski definition) is 1. The maximum Gasteiger partial charge on any atom is 0.421 e. The van der Waals surface area contributed by atoms with Gasteiger partial charge in [0.2, 0.25) is 0 Å². The van der Waals surface area contributed by atoms with E-state index in [1.165, 1.54) is 30.3 Å². The fourth-order valence-electron chi connectivity index (χ4n) is 3.59. The Hall–Kier alpha value is -3.69. The number of carbonyl (C=O) groups excluding carboxylic acids is 1. The number of hydrogen-bond acceptors (Lipinski definition) is 5. The smallest absolute Gasteiger partial charge is 0.421 e. The Balaban J connectivity index is 1.37. The van der Waals surface area contributed by atoms with Crippen molar-refractivity contribution in [2.24, 2.45) is 0 Å². The number of halogens is 2. The first kappa shape index (κ1) is 25.4. The van der Waals surface area contributed by atoms with Gasteiger partial charge in [-0.3, -0.25) is 0 Å². The highest BCUT2D eigenvalue weighted by Gasteiger charge is 2.21. The minimum absolute atomic E-state index is 0.00630. The van der Waals surface area contributed by atoms with Gasteiger partial charge in [-0.2, -0.15) is 0 Å². The Morgan fingerprint density at radius 1 is 1.06 bits per heavy atom. The van der Waals surface area contributed by atoms with Gasteiger partial charge in [0, 0.05) is 30.3 Å². The molecule has 0 unspecified atom stereocenters. The van der Waals surface area contributed by atoms with Crippen molar-refractivity contribution in [2.45, 2.75) is 24.7 Å². The minimum Gasteiger partial charge on any atom is -0.448 e. The molecule has 0 fully saturated rings. The van der Waals surface area contributed by atoms with E-state index in [0.29, 0.717) is 12.8 Å². The molecule has 186 valence electrons. The third-order valence-electron chi connectivity index (χ3n) is 5.42. The average molecular weight is 528 g/mol. The van der Waals surface area contributed by atoms with Crippen LogP contribution >= 0.6 is 11.6 Å². The van der Waals surface area contributed by atoms with Crippen molar-refractivity contribution in [3.05, 3.63) is 101 Å². The lowest BCUT2D eigenvalue weighted by Gasteiger charge is -2.10. The third kappa shape index (κ3) is 5.92. The first-order valence-electron chi connectivity index (χ1n) is 11.1. The summed E-state index contributed by atoms with van der Waals surface area (Å²) >= 11 is 5.90. The van der Waals surface area contributed by atoms with Gasteiger partial charge in [-0.05, 0) is 54.1 Å².